The highest BCUT2D eigenvalue weighted by Crippen LogP contribution is 2.15. The minimum Gasteiger partial charge on any atom is -0.491 e. The molecule has 0 atom stereocenters. The van der Waals surface area contributed by atoms with Crippen molar-refractivity contribution >= 4 is 11.6 Å². The van der Waals surface area contributed by atoms with Crippen LogP contribution in [0.4, 0.5) is 5.69 Å². The normalized spacial score (nSPS) is 10.0. The van der Waals surface area contributed by atoms with Crippen LogP contribution in [0.5, 0.6) is 5.75 Å². The highest BCUT2D eigenvalue weighted by atomic mass is 16.5. The van der Waals surface area contributed by atoms with Gasteiger partial charge in [0.15, 0.2) is 0 Å². The highest BCUT2D eigenvalue weighted by Gasteiger charge is 1.99. The number of benzene rings is 1. The summed E-state index contributed by atoms with van der Waals surface area (Å²) in [6.07, 6.45) is 0.467. The highest BCUT2D eigenvalue weighted by molar-refractivity contribution is 5.90. The first kappa shape index (κ1) is 13.5. The van der Waals surface area contributed by atoms with E-state index in [2.05, 4.69) is 5.32 Å². The predicted molar refractivity (Wildman–Crippen MR) is 65.9 cm³/mol. The Morgan fingerprint density at radius 1 is 1.29 bits per heavy atom. The molecular formula is C12H18N2O3. The van der Waals surface area contributed by atoms with Crippen molar-refractivity contribution in [3.05, 3.63) is 24.3 Å². The lowest BCUT2D eigenvalue weighted by molar-refractivity contribution is -0.115. The molecule has 0 fully saturated rings. The number of hydrogen-bond donors (Lipinski definition) is 2. The topological polar surface area (TPSA) is 73.6 Å². The number of hydrogen-bond acceptors (Lipinski definition) is 4. The number of rotatable bonds is 7. The Kier molecular flexibility index (Phi) is 6.06. The van der Waals surface area contributed by atoms with Crippen molar-refractivity contribution in [2.75, 3.05) is 25.3 Å². The number of nitrogens with two attached hydrogens (primary N) is 1. The van der Waals surface area contributed by atoms with Gasteiger partial charge in [-0.3, -0.25) is 4.79 Å². The van der Waals surface area contributed by atoms with Crippen molar-refractivity contribution in [3.63, 3.8) is 0 Å². The average molecular weight is 238 g/mol. The third-order valence-corrected chi connectivity index (χ3v) is 2.07. The monoisotopic (exact) mass is 238 g/mol. The smallest absolute Gasteiger partial charge is 0.224 e. The van der Waals surface area contributed by atoms with Crippen molar-refractivity contribution < 1.29 is 14.3 Å². The molecule has 0 saturated heterocycles. The van der Waals surface area contributed by atoms with Crippen LogP contribution in [0.15, 0.2) is 24.3 Å². The average Bonchev–Trinajstić information content (AvgIpc) is 2.36. The Bertz CT molecular complexity index is 338. The maximum atomic E-state index is 11.1. The zero-order valence-corrected chi connectivity index (χ0v) is 9.94. The molecule has 0 aromatic heterocycles. The van der Waals surface area contributed by atoms with Gasteiger partial charge in [-0.05, 0) is 24.3 Å². The number of amides is 1. The number of ether oxygens (including phenoxy) is 2. The van der Waals surface area contributed by atoms with E-state index in [1.807, 2.05) is 6.92 Å². The van der Waals surface area contributed by atoms with Gasteiger partial charge in [0.2, 0.25) is 5.91 Å². The van der Waals surface area contributed by atoms with E-state index in [1.165, 1.54) is 0 Å². The van der Waals surface area contributed by atoms with Crippen LogP contribution < -0.4 is 15.8 Å². The second kappa shape index (κ2) is 7.65. The third-order valence-electron chi connectivity index (χ3n) is 2.07. The molecular weight excluding hydrogens is 220 g/mol. The van der Waals surface area contributed by atoms with Gasteiger partial charge in [-0.2, -0.15) is 0 Å². The lowest BCUT2D eigenvalue weighted by atomic mass is 10.3. The van der Waals surface area contributed by atoms with Crippen LogP contribution in [0, 0.1) is 0 Å². The third kappa shape index (κ3) is 5.33. The van der Waals surface area contributed by atoms with Crippen LogP contribution in [0.2, 0.25) is 0 Å². The van der Waals surface area contributed by atoms with Crippen molar-refractivity contribution in [2.45, 2.75) is 13.3 Å². The first-order valence-corrected chi connectivity index (χ1v) is 5.56. The van der Waals surface area contributed by atoms with E-state index in [-0.39, 0.29) is 12.6 Å². The largest absolute Gasteiger partial charge is 0.491 e. The van der Waals surface area contributed by atoms with Crippen molar-refractivity contribution in [1.29, 1.82) is 0 Å². The van der Waals surface area contributed by atoms with Crippen LogP contribution in [0.25, 0.3) is 0 Å². The summed E-state index contributed by atoms with van der Waals surface area (Å²) in [5, 5.41) is 2.76. The van der Waals surface area contributed by atoms with Gasteiger partial charge in [0.1, 0.15) is 12.4 Å². The molecule has 1 aromatic carbocycles. The Hall–Kier alpha value is -1.59. The Balaban J connectivity index is 2.36. The molecule has 0 saturated carbocycles. The summed E-state index contributed by atoms with van der Waals surface area (Å²) in [7, 11) is 0. The fraction of sp³-hybridized carbons (Fsp3) is 0.417. The number of anilines is 1. The van der Waals surface area contributed by atoms with Crippen LogP contribution in [0.3, 0.4) is 0 Å². The second-order valence-electron chi connectivity index (χ2n) is 3.35. The SMILES string of the molecule is CCC(=O)Nc1ccc(OCCOCN)cc1. The molecule has 0 aliphatic carbocycles. The van der Waals surface area contributed by atoms with E-state index < -0.39 is 0 Å². The van der Waals surface area contributed by atoms with Crippen molar-refractivity contribution in [1.82, 2.24) is 0 Å². The van der Waals surface area contributed by atoms with Gasteiger partial charge < -0.3 is 20.5 Å². The number of carbonyl (C=O) groups excluding carboxylic acids is 1. The lowest BCUT2D eigenvalue weighted by Crippen LogP contribution is -2.12. The molecule has 5 nitrogen and oxygen atoms in total. The van der Waals surface area contributed by atoms with E-state index in [9.17, 15) is 4.79 Å². The van der Waals surface area contributed by atoms with Crippen LogP contribution in [-0.4, -0.2) is 25.9 Å². The van der Waals surface area contributed by atoms with Crippen LogP contribution in [0.1, 0.15) is 13.3 Å². The quantitative estimate of drug-likeness (QED) is 0.555. The van der Waals surface area contributed by atoms with Gasteiger partial charge in [-0.15, -0.1) is 0 Å². The molecule has 1 amide bonds. The van der Waals surface area contributed by atoms with Gasteiger partial charge in [-0.1, -0.05) is 6.92 Å². The predicted octanol–water partition coefficient (Wildman–Crippen LogP) is 1.35. The molecule has 0 aliphatic rings. The number of carbonyl (C=O) groups is 1. The van der Waals surface area contributed by atoms with Gasteiger partial charge in [0.25, 0.3) is 0 Å². The fourth-order valence-electron chi connectivity index (χ4n) is 1.19. The minimum atomic E-state index is -0.00462. The molecule has 1 aromatic rings. The first-order chi connectivity index (χ1) is 8.26. The second-order valence-corrected chi connectivity index (χ2v) is 3.35. The van der Waals surface area contributed by atoms with Gasteiger partial charge in [0, 0.05) is 12.1 Å². The summed E-state index contributed by atoms with van der Waals surface area (Å²) in [5.41, 5.74) is 5.94. The molecule has 17 heavy (non-hydrogen) atoms. The molecule has 0 radical (unpaired) electrons. The van der Waals surface area contributed by atoms with Gasteiger partial charge >= 0.3 is 0 Å². The molecule has 5 heteroatoms. The molecule has 0 bridgehead atoms. The Labute approximate surface area is 101 Å². The summed E-state index contributed by atoms with van der Waals surface area (Å²) in [6.45, 7) is 2.93. The van der Waals surface area contributed by atoms with E-state index >= 15 is 0 Å². The first-order valence-electron chi connectivity index (χ1n) is 5.56. The van der Waals surface area contributed by atoms with E-state index in [0.29, 0.717) is 19.6 Å². The molecule has 0 heterocycles. The van der Waals surface area contributed by atoms with Crippen molar-refractivity contribution in [3.8, 4) is 5.75 Å². The van der Waals surface area contributed by atoms with Crippen LogP contribution in [-0.2, 0) is 9.53 Å². The van der Waals surface area contributed by atoms with Gasteiger partial charge in [0.05, 0.1) is 13.3 Å². The van der Waals surface area contributed by atoms with Crippen molar-refractivity contribution in [2.24, 2.45) is 5.73 Å². The number of nitrogens with one attached hydrogen (secondary N) is 1. The van der Waals surface area contributed by atoms with E-state index in [0.717, 1.165) is 11.4 Å². The zero-order chi connectivity index (χ0) is 12.5. The van der Waals surface area contributed by atoms with Crippen LogP contribution >= 0.6 is 0 Å². The molecule has 0 spiro atoms. The summed E-state index contributed by atoms with van der Waals surface area (Å²) >= 11 is 0. The minimum absolute atomic E-state index is 0.00462. The standard InChI is InChI=1S/C12H18N2O3/c1-2-12(15)14-10-3-5-11(6-4-10)17-8-7-16-9-13/h3-6H,2,7-9,13H2,1H3,(H,14,15). The maximum absolute atomic E-state index is 11.1. The molecule has 0 unspecified atom stereocenters. The summed E-state index contributed by atoms with van der Waals surface area (Å²) in [5.74, 6) is 0.732. The summed E-state index contributed by atoms with van der Waals surface area (Å²) in [6, 6.07) is 7.20. The molecule has 94 valence electrons. The Morgan fingerprint density at radius 3 is 2.59 bits per heavy atom. The molecule has 0 aliphatic heterocycles. The lowest BCUT2D eigenvalue weighted by Gasteiger charge is -2.07. The van der Waals surface area contributed by atoms with Gasteiger partial charge in [-0.25, -0.2) is 0 Å². The summed E-state index contributed by atoms with van der Waals surface area (Å²) in [4.78, 5) is 11.1. The summed E-state index contributed by atoms with van der Waals surface area (Å²) < 4.78 is 10.3. The van der Waals surface area contributed by atoms with E-state index in [4.69, 9.17) is 15.2 Å². The fourth-order valence-corrected chi connectivity index (χ4v) is 1.19. The Morgan fingerprint density at radius 2 is 2.00 bits per heavy atom. The molecule has 3 N–H and O–H groups in total. The molecule has 1 rings (SSSR count). The maximum Gasteiger partial charge on any atom is 0.224 e. The van der Waals surface area contributed by atoms with E-state index in [1.54, 1.807) is 24.3 Å². The zero-order valence-electron chi connectivity index (χ0n) is 9.94.